The van der Waals surface area contributed by atoms with Crippen LogP contribution in [0, 0.1) is 11.8 Å². The summed E-state index contributed by atoms with van der Waals surface area (Å²) in [4.78, 5) is 59.7. The maximum absolute atomic E-state index is 14.9. The van der Waals surface area contributed by atoms with Gasteiger partial charge in [-0.1, -0.05) is 103 Å². The molecule has 0 radical (unpaired) electrons. The van der Waals surface area contributed by atoms with Crippen molar-refractivity contribution in [1.82, 2.24) is 15.1 Å². The molecular formula is C41H45N3O7. The molecule has 1 spiro atoms. The van der Waals surface area contributed by atoms with Crippen molar-refractivity contribution >= 4 is 23.7 Å². The number of amides is 3. The Morgan fingerprint density at radius 3 is 2.25 bits per heavy atom. The van der Waals surface area contributed by atoms with E-state index in [1.807, 2.05) is 91.0 Å². The van der Waals surface area contributed by atoms with E-state index < -0.39 is 66.1 Å². The van der Waals surface area contributed by atoms with Crippen LogP contribution in [0.5, 0.6) is 0 Å². The van der Waals surface area contributed by atoms with Crippen molar-refractivity contribution in [2.24, 2.45) is 11.8 Å². The number of nitrogens with zero attached hydrogens (tertiary/aromatic N) is 2. The average Bonchev–Trinajstić information content (AvgIpc) is 3.81. The van der Waals surface area contributed by atoms with Crippen LogP contribution in [0.15, 0.2) is 116 Å². The maximum Gasteiger partial charge on any atom is 0.306 e. The van der Waals surface area contributed by atoms with Crippen molar-refractivity contribution in [3.05, 3.63) is 133 Å². The molecule has 10 heteroatoms. The van der Waals surface area contributed by atoms with Gasteiger partial charge in [-0.3, -0.25) is 19.2 Å². The van der Waals surface area contributed by atoms with Gasteiger partial charge in [0.15, 0.2) is 0 Å². The second kappa shape index (κ2) is 15.9. The second-order valence-corrected chi connectivity index (χ2v) is 13.4. The lowest BCUT2D eigenvalue weighted by atomic mass is 9.70. The third-order valence-electron chi connectivity index (χ3n) is 10.3. The molecule has 0 saturated carbocycles. The van der Waals surface area contributed by atoms with Crippen LogP contribution in [-0.2, 0) is 35.2 Å². The van der Waals surface area contributed by atoms with Gasteiger partial charge in [-0.15, -0.1) is 13.2 Å². The molecule has 2 bridgehead atoms. The number of allylic oxidation sites excluding steroid dienone is 1. The Kier molecular flexibility index (Phi) is 11.1. The van der Waals surface area contributed by atoms with Gasteiger partial charge in [-0.2, -0.15) is 0 Å². The van der Waals surface area contributed by atoms with Gasteiger partial charge in [-0.05, 0) is 36.0 Å². The van der Waals surface area contributed by atoms with E-state index in [4.69, 9.17) is 9.47 Å². The highest BCUT2D eigenvalue weighted by Crippen LogP contribution is 2.60. The van der Waals surface area contributed by atoms with Crippen LogP contribution in [-0.4, -0.2) is 76.1 Å². The molecular weight excluding hydrogens is 646 g/mol. The first kappa shape index (κ1) is 35.8. The molecule has 0 aromatic heterocycles. The number of hydrogen-bond donors (Lipinski definition) is 2. The SMILES string of the molecule is C=CCCC(=O)OC[C@H](NC(=O)[C@@H]1[C@@H]2CC[C@]3(O2)[C@H](C(=O)N(CC=C)Cc2ccccc2)N([C@H](CO)c2ccccc2)C(=O)[C@@H]13)c1ccccc1. The number of ether oxygens (including phenoxy) is 2. The van der Waals surface area contributed by atoms with Crippen LogP contribution < -0.4 is 5.32 Å². The molecule has 3 saturated heterocycles. The zero-order valence-corrected chi connectivity index (χ0v) is 28.6. The third-order valence-corrected chi connectivity index (χ3v) is 10.3. The number of rotatable bonds is 16. The van der Waals surface area contributed by atoms with Gasteiger partial charge < -0.3 is 29.7 Å². The fourth-order valence-corrected chi connectivity index (χ4v) is 8.04. The maximum atomic E-state index is 14.9. The van der Waals surface area contributed by atoms with E-state index in [0.29, 0.717) is 24.8 Å². The number of carbonyl (C=O) groups excluding carboxylic acids is 4. The molecule has 6 rings (SSSR count). The van der Waals surface area contributed by atoms with E-state index in [1.165, 1.54) is 4.90 Å². The Morgan fingerprint density at radius 1 is 0.980 bits per heavy atom. The standard InChI is InChI=1S/C41H45N3O7/c1-3-5-21-34(46)50-27-31(29-17-11-7-12-18-29)42-38(47)35-33-22-23-41(51-33)36(35)39(48)44(32(26-45)30-19-13-8-14-20-30)37(41)40(49)43(24-4-2)25-28-15-9-6-10-16-28/h3-4,6-20,31-33,35-37,45H,1-2,5,21-27H2,(H,42,47)/t31-,32+,33-,35+,36+,37-,41+/m0/s1. The van der Waals surface area contributed by atoms with Crippen molar-refractivity contribution in [3.8, 4) is 0 Å². The lowest BCUT2D eigenvalue weighted by molar-refractivity contribution is -0.151. The Bertz CT molecular complexity index is 1720. The van der Waals surface area contributed by atoms with E-state index in [9.17, 15) is 24.3 Å². The molecule has 266 valence electrons. The molecule has 3 aliphatic heterocycles. The molecule has 2 N–H and O–H groups in total. The molecule has 3 aromatic carbocycles. The summed E-state index contributed by atoms with van der Waals surface area (Å²) in [5.74, 6) is -3.46. The predicted molar refractivity (Wildman–Crippen MR) is 190 cm³/mol. The topological polar surface area (TPSA) is 125 Å². The molecule has 3 fully saturated rings. The fraction of sp³-hybridized carbons (Fsp3) is 0.366. The number of nitrogens with one attached hydrogen (secondary N) is 1. The molecule has 3 heterocycles. The molecule has 3 amide bonds. The second-order valence-electron chi connectivity index (χ2n) is 13.4. The van der Waals surface area contributed by atoms with Gasteiger partial charge in [0.1, 0.15) is 18.2 Å². The number of fused-ring (bicyclic) bond motifs is 1. The highest BCUT2D eigenvalue weighted by atomic mass is 16.5. The van der Waals surface area contributed by atoms with Crippen molar-refractivity contribution in [3.63, 3.8) is 0 Å². The number of benzene rings is 3. The van der Waals surface area contributed by atoms with E-state index in [2.05, 4.69) is 18.5 Å². The first-order valence-corrected chi connectivity index (χ1v) is 17.5. The first-order valence-electron chi connectivity index (χ1n) is 17.5. The van der Waals surface area contributed by atoms with E-state index in [-0.39, 0.29) is 32.0 Å². The van der Waals surface area contributed by atoms with Gasteiger partial charge in [0.05, 0.1) is 36.6 Å². The Balaban J connectivity index is 1.35. The van der Waals surface area contributed by atoms with Crippen LogP contribution in [0.1, 0.15) is 54.5 Å². The van der Waals surface area contributed by atoms with Crippen LogP contribution in [0.4, 0.5) is 0 Å². The predicted octanol–water partition coefficient (Wildman–Crippen LogP) is 4.68. The van der Waals surface area contributed by atoms with Gasteiger partial charge in [0.2, 0.25) is 17.7 Å². The number of hydrogen-bond acceptors (Lipinski definition) is 7. The van der Waals surface area contributed by atoms with Gasteiger partial charge in [0.25, 0.3) is 0 Å². The highest BCUT2D eigenvalue weighted by Gasteiger charge is 2.75. The molecule has 51 heavy (non-hydrogen) atoms. The molecule has 10 nitrogen and oxygen atoms in total. The fourth-order valence-electron chi connectivity index (χ4n) is 8.04. The van der Waals surface area contributed by atoms with Crippen LogP contribution in [0.3, 0.4) is 0 Å². The largest absolute Gasteiger partial charge is 0.463 e. The molecule has 7 atom stereocenters. The minimum atomic E-state index is -1.29. The normalized spacial score (nSPS) is 24.3. The third kappa shape index (κ3) is 7.11. The van der Waals surface area contributed by atoms with Crippen molar-refractivity contribution in [2.75, 3.05) is 19.8 Å². The Labute approximate surface area is 298 Å². The van der Waals surface area contributed by atoms with Gasteiger partial charge >= 0.3 is 5.97 Å². The average molecular weight is 692 g/mol. The summed E-state index contributed by atoms with van der Waals surface area (Å²) in [5, 5.41) is 13.9. The Hall–Kier alpha value is -5.06. The van der Waals surface area contributed by atoms with Crippen LogP contribution in [0.2, 0.25) is 0 Å². The number of carbonyl (C=O) groups is 4. The summed E-state index contributed by atoms with van der Waals surface area (Å²) in [5.41, 5.74) is 1.02. The van der Waals surface area contributed by atoms with Gasteiger partial charge in [0, 0.05) is 19.5 Å². The molecule has 3 aromatic rings. The molecule has 0 aliphatic carbocycles. The lowest BCUT2D eigenvalue weighted by Gasteiger charge is -2.39. The molecule has 3 aliphatic rings. The quantitative estimate of drug-likeness (QED) is 0.165. The number of likely N-dealkylation sites (tertiary alicyclic amines) is 1. The minimum Gasteiger partial charge on any atom is -0.463 e. The first-order chi connectivity index (χ1) is 24.8. The summed E-state index contributed by atoms with van der Waals surface area (Å²) in [6.07, 6.45) is 4.19. The summed E-state index contributed by atoms with van der Waals surface area (Å²) in [6.45, 7) is 7.51. The smallest absolute Gasteiger partial charge is 0.306 e. The van der Waals surface area contributed by atoms with E-state index in [0.717, 1.165) is 11.1 Å². The van der Waals surface area contributed by atoms with Crippen molar-refractivity contribution < 1.29 is 33.8 Å². The summed E-state index contributed by atoms with van der Waals surface area (Å²) in [6, 6.07) is 25.2. The van der Waals surface area contributed by atoms with E-state index in [1.54, 1.807) is 17.1 Å². The van der Waals surface area contributed by atoms with Crippen molar-refractivity contribution in [1.29, 1.82) is 0 Å². The number of aliphatic hydroxyl groups is 1. The summed E-state index contributed by atoms with van der Waals surface area (Å²) < 4.78 is 12.3. The lowest BCUT2D eigenvalue weighted by Crippen LogP contribution is -2.57. The molecule has 0 unspecified atom stereocenters. The summed E-state index contributed by atoms with van der Waals surface area (Å²) in [7, 11) is 0. The van der Waals surface area contributed by atoms with E-state index >= 15 is 0 Å². The highest BCUT2D eigenvalue weighted by molar-refractivity contribution is 5.99. The number of esters is 1. The zero-order valence-electron chi connectivity index (χ0n) is 28.6. The van der Waals surface area contributed by atoms with Gasteiger partial charge in [-0.25, -0.2) is 0 Å². The Morgan fingerprint density at radius 2 is 1.63 bits per heavy atom. The van der Waals surface area contributed by atoms with Crippen molar-refractivity contribution in [2.45, 2.75) is 62.1 Å². The monoisotopic (exact) mass is 691 g/mol. The van der Waals surface area contributed by atoms with Crippen LogP contribution >= 0.6 is 0 Å². The van der Waals surface area contributed by atoms with Crippen LogP contribution in [0.25, 0.3) is 0 Å². The zero-order chi connectivity index (χ0) is 36.0. The summed E-state index contributed by atoms with van der Waals surface area (Å²) >= 11 is 0. The minimum absolute atomic E-state index is 0.0996. The number of aliphatic hydroxyl groups excluding tert-OH is 1.